The Bertz CT molecular complexity index is 5520. The summed E-state index contributed by atoms with van der Waals surface area (Å²) in [6, 6.07) is 39.4. The van der Waals surface area contributed by atoms with E-state index < -0.39 is 0 Å². The first-order chi connectivity index (χ1) is 66.6. The van der Waals surface area contributed by atoms with E-state index in [9.17, 15) is 19.2 Å². The third-order valence-electron chi connectivity index (χ3n) is 25.4. The number of nitrogens with one attached hydrogen (secondary N) is 11. The quantitative estimate of drug-likeness (QED) is 0.0207. The predicted octanol–water partition coefficient (Wildman–Crippen LogP) is 14.2. The number of anilines is 12. The fraction of sp³-hybridized carbons (Fsp3) is 0.424. The summed E-state index contributed by atoms with van der Waals surface area (Å²) < 4.78 is 27.6. The SMILES string of the molecule is O=C(Nc1cc(N2CCOCC2)ccc1N1CCCCC1)c1cccc(-c2cn[nH]c2)n1.O=C(Nc1ccc(NCCN2CCOCC2)cc1N1CCCCC1)c1ccc(-c2cn[nH]c2)o1.O=C(Nc1ccc(NCCN2CCOCC2)cc1N1CCCCC1)c1cccc(-c2cn[nH]c2)n1.O=C(Nc1ccc(NCCN2CCOCC2)cc1N1CCCCC1)c1csc(-c2cn[nH]c2)n1. The first kappa shape index (κ1) is 93.7. The minimum absolute atomic E-state index is 0.197. The zero-order valence-corrected chi connectivity index (χ0v) is 77.5. The van der Waals surface area contributed by atoms with Crippen LogP contribution in [0.25, 0.3) is 44.4 Å². The van der Waals surface area contributed by atoms with Gasteiger partial charge < -0.3 is 85.1 Å². The molecular formula is C99H124N26O9S. The molecule has 0 aliphatic carbocycles. The molecular weight excluding hydrogens is 1730 g/mol. The van der Waals surface area contributed by atoms with E-state index in [0.717, 1.165) is 318 Å². The second-order valence-corrected chi connectivity index (χ2v) is 35.5. The van der Waals surface area contributed by atoms with Crippen molar-refractivity contribution in [3.63, 3.8) is 0 Å². The van der Waals surface area contributed by atoms with Gasteiger partial charge in [0.1, 0.15) is 27.8 Å². The molecule has 135 heavy (non-hydrogen) atoms. The number of amides is 4. The van der Waals surface area contributed by atoms with E-state index in [1.165, 1.54) is 62.7 Å². The van der Waals surface area contributed by atoms with Crippen molar-refractivity contribution < 1.29 is 42.5 Å². The van der Waals surface area contributed by atoms with Crippen LogP contribution in [0.4, 0.5) is 68.2 Å². The van der Waals surface area contributed by atoms with Crippen LogP contribution in [-0.2, 0) is 18.9 Å². The van der Waals surface area contributed by atoms with Gasteiger partial charge in [0, 0.05) is 214 Å². The lowest BCUT2D eigenvalue weighted by atomic mass is 10.1. The largest absolute Gasteiger partial charge is 0.451 e. The second-order valence-electron chi connectivity index (χ2n) is 34.6. The summed E-state index contributed by atoms with van der Waals surface area (Å²) in [5, 5.41) is 52.7. The molecule has 4 aromatic carbocycles. The van der Waals surface area contributed by atoms with Crippen LogP contribution in [-0.4, -0.2) is 291 Å². The maximum Gasteiger partial charge on any atom is 0.291 e. The lowest BCUT2D eigenvalue weighted by molar-refractivity contribution is 0.0398. The second kappa shape index (κ2) is 48.2. The van der Waals surface area contributed by atoms with Crippen LogP contribution in [0.3, 0.4) is 0 Å². The third-order valence-corrected chi connectivity index (χ3v) is 26.2. The summed E-state index contributed by atoms with van der Waals surface area (Å²) in [7, 11) is 0. The summed E-state index contributed by atoms with van der Waals surface area (Å²) >= 11 is 1.44. The molecule has 0 bridgehead atoms. The highest BCUT2D eigenvalue weighted by Gasteiger charge is 2.27. The Hall–Kier alpha value is -13.1. The van der Waals surface area contributed by atoms with E-state index in [4.69, 9.17) is 23.4 Å². The topological polar surface area (TPSA) is 382 Å². The molecule has 11 N–H and O–H groups in total. The number of hydrogen-bond acceptors (Lipinski definition) is 28. The van der Waals surface area contributed by atoms with Gasteiger partial charge >= 0.3 is 0 Å². The number of ether oxygens (including phenoxy) is 4. The first-order valence-electron chi connectivity index (χ1n) is 47.8. The maximum absolute atomic E-state index is 13.2. The smallest absolute Gasteiger partial charge is 0.291 e. The minimum Gasteiger partial charge on any atom is -0.451 e. The number of thiazole rings is 1. The molecule has 8 saturated heterocycles. The third kappa shape index (κ3) is 26.3. The van der Waals surface area contributed by atoms with Crippen LogP contribution < -0.4 is 61.7 Å². The zero-order valence-electron chi connectivity index (χ0n) is 76.7. The van der Waals surface area contributed by atoms with E-state index in [0.29, 0.717) is 34.2 Å². The molecule has 8 aliphatic rings. The molecule has 0 unspecified atom stereocenters. The van der Waals surface area contributed by atoms with Gasteiger partial charge in [0.2, 0.25) is 0 Å². The number of aromatic amines is 4. The molecule has 8 fully saturated rings. The van der Waals surface area contributed by atoms with Crippen LogP contribution >= 0.6 is 11.3 Å². The normalized spacial score (nSPS) is 16.9. The lowest BCUT2D eigenvalue weighted by Crippen LogP contribution is -2.39. The first-order valence-corrected chi connectivity index (χ1v) is 48.7. The van der Waals surface area contributed by atoms with Crippen molar-refractivity contribution >= 4 is 103 Å². The monoisotopic (exact) mass is 1850 g/mol. The van der Waals surface area contributed by atoms with Crippen LogP contribution in [0.15, 0.2) is 181 Å². The molecule has 0 atom stereocenters. The average Bonchev–Trinajstić information content (AvgIpc) is 1.33. The molecule has 0 spiro atoms. The molecule has 20 rings (SSSR count). The fourth-order valence-corrected chi connectivity index (χ4v) is 18.7. The average molecular weight is 1850 g/mol. The van der Waals surface area contributed by atoms with Gasteiger partial charge in [0.05, 0.1) is 140 Å². The van der Waals surface area contributed by atoms with Crippen LogP contribution in [0.5, 0.6) is 0 Å². The molecule has 8 aromatic heterocycles. The Morgan fingerprint density at radius 3 is 1.13 bits per heavy atom. The standard InChI is InChI=1S/C26H33N7O2.C25H32N6O3.C24H31N7O2S.C24H28N6O2/c34-26(24-6-4-5-22(30-24)20-18-28-29-19-20)31-23-8-7-21(17-25(23)33-10-2-1-3-11-33)27-9-12-32-13-15-35-16-14-32;32-25(24-7-6-23(34-24)19-17-27-28-18-19)29-21-5-4-20(16-22(21)31-9-2-1-3-10-31)26-8-11-30-12-14-33-15-13-30;32-23(21-17-34-24(29-21)18-15-26-27-16-18)28-20-5-4-19(14-22(20)31-7-2-1-3-8-31)25-6-9-30-10-12-33-13-11-30;31-24(21-6-4-5-20(27-21)18-16-25-26-17-18)28-22-15-19(29-11-13-32-14-12-29)7-8-23(22)30-9-2-1-3-10-30/h4-8,17-19,27H,1-3,9-16H2,(H,28,29)(H,31,34);4-7,16-18,26H,1-3,8-15H2,(H,27,28)(H,29,32);4-5,14-17,25H,1-3,6-13H2,(H,26,27)(H,28,32);4-8,15-17H,1-3,9-14H2,(H,25,26)(H,28,31). The Kier molecular flexibility index (Phi) is 33.5. The van der Waals surface area contributed by atoms with Gasteiger partial charge in [-0.05, 0) is 186 Å². The van der Waals surface area contributed by atoms with Gasteiger partial charge in [-0.15, -0.1) is 11.3 Å². The van der Waals surface area contributed by atoms with Gasteiger partial charge in [-0.3, -0.25) is 54.3 Å². The Morgan fingerprint density at radius 2 is 0.711 bits per heavy atom. The summed E-state index contributed by atoms with van der Waals surface area (Å²) in [4.78, 5) is 85.0. The lowest BCUT2D eigenvalue weighted by Gasteiger charge is -2.33. The zero-order chi connectivity index (χ0) is 92.0. The molecule has 0 radical (unpaired) electrons. The van der Waals surface area contributed by atoms with Gasteiger partial charge in [-0.2, -0.15) is 20.4 Å². The summed E-state index contributed by atoms with van der Waals surface area (Å²) in [6.07, 6.45) is 28.2. The van der Waals surface area contributed by atoms with Crippen molar-refractivity contribution in [3.8, 4) is 44.4 Å². The Labute approximate surface area is 791 Å². The molecule has 8 aliphatic heterocycles. The van der Waals surface area contributed by atoms with E-state index in [1.54, 1.807) is 79.2 Å². The number of rotatable bonds is 29. The number of carbonyl (C=O) groups is 4. The minimum atomic E-state index is -0.263. The molecule has 36 heteroatoms. The molecule has 0 saturated carbocycles. The van der Waals surface area contributed by atoms with E-state index in [-0.39, 0.29) is 29.4 Å². The van der Waals surface area contributed by atoms with Crippen LogP contribution in [0.1, 0.15) is 119 Å². The molecule has 35 nitrogen and oxygen atoms in total. The van der Waals surface area contributed by atoms with E-state index in [1.807, 2.05) is 60.7 Å². The number of nitrogens with zero attached hydrogens (tertiary/aromatic N) is 15. The van der Waals surface area contributed by atoms with Crippen molar-refractivity contribution in [3.05, 3.63) is 199 Å². The fourth-order valence-electron chi connectivity index (χ4n) is 17.9. The number of benzene rings is 4. The molecule has 12 aromatic rings. The number of piperidine rings is 4. The van der Waals surface area contributed by atoms with Crippen LogP contribution in [0, 0.1) is 0 Å². The van der Waals surface area contributed by atoms with Gasteiger partial charge in [-0.1, -0.05) is 12.1 Å². The Morgan fingerprint density at radius 1 is 0.333 bits per heavy atom. The van der Waals surface area contributed by atoms with Crippen LogP contribution in [0.2, 0.25) is 0 Å². The van der Waals surface area contributed by atoms with Crippen molar-refractivity contribution in [2.24, 2.45) is 0 Å². The molecule has 4 amide bonds. The highest BCUT2D eigenvalue weighted by atomic mass is 32.1. The molecule has 16 heterocycles. The van der Waals surface area contributed by atoms with Gasteiger partial charge in [0.15, 0.2) is 5.76 Å². The number of morpholine rings is 4. The van der Waals surface area contributed by atoms with E-state index in [2.05, 4.69) is 169 Å². The number of pyridine rings is 2. The Balaban J connectivity index is 0.000000125. The summed E-state index contributed by atoms with van der Waals surface area (Å²) in [5.41, 5.74) is 17.8. The van der Waals surface area contributed by atoms with Crippen molar-refractivity contribution in [2.45, 2.75) is 77.0 Å². The highest BCUT2D eigenvalue weighted by molar-refractivity contribution is 7.13. The predicted molar refractivity (Wildman–Crippen MR) is 532 cm³/mol. The number of carbonyl (C=O) groups excluding carboxylic acids is 4. The van der Waals surface area contributed by atoms with Crippen molar-refractivity contribution in [1.29, 1.82) is 0 Å². The van der Waals surface area contributed by atoms with Crippen molar-refractivity contribution in [1.82, 2.24) is 70.4 Å². The number of furan rings is 1. The maximum atomic E-state index is 13.2. The molecule has 710 valence electrons. The number of aromatic nitrogens is 11. The van der Waals surface area contributed by atoms with Crippen molar-refractivity contribution in [2.75, 3.05) is 259 Å². The number of H-pyrrole nitrogens is 4. The van der Waals surface area contributed by atoms with Gasteiger partial charge in [-0.25, -0.2) is 15.0 Å². The summed E-state index contributed by atoms with van der Waals surface area (Å²) in [6.45, 7) is 27.5. The van der Waals surface area contributed by atoms with E-state index >= 15 is 0 Å². The number of hydrogen-bond donors (Lipinski definition) is 11. The highest BCUT2D eigenvalue weighted by Crippen LogP contribution is 2.39. The summed E-state index contributed by atoms with van der Waals surface area (Å²) in [5.74, 6) is -0.0175. The van der Waals surface area contributed by atoms with Gasteiger partial charge in [0.25, 0.3) is 23.6 Å².